The highest BCUT2D eigenvalue weighted by atomic mass is 32.2. The molecule has 0 saturated carbocycles. The Balaban J connectivity index is 1.93. The molecule has 17 heavy (non-hydrogen) atoms. The number of hydrogen-bond acceptors (Lipinski definition) is 4. The number of amides is 1. The first-order chi connectivity index (χ1) is 8.33. The Morgan fingerprint density at radius 1 is 1.24 bits per heavy atom. The van der Waals surface area contributed by atoms with Gasteiger partial charge in [0.2, 0.25) is 5.91 Å². The maximum atomic E-state index is 11.6. The molecule has 1 fully saturated rings. The van der Waals surface area contributed by atoms with Gasteiger partial charge in [-0.1, -0.05) is 12.8 Å². The van der Waals surface area contributed by atoms with Crippen LogP contribution in [0.15, 0.2) is 0 Å². The van der Waals surface area contributed by atoms with Crippen LogP contribution < -0.4 is 11.1 Å². The Bertz CT molecular complexity index is 209. The van der Waals surface area contributed by atoms with Crippen molar-refractivity contribution in [3.63, 3.8) is 0 Å². The van der Waals surface area contributed by atoms with Crippen LogP contribution in [0.1, 0.15) is 32.1 Å². The van der Waals surface area contributed by atoms with Gasteiger partial charge >= 0.3 is 0 Å². The number of nitrogens with one attached hydrogen (secondary N) is 1. The summed E-state index contributed by atoms with van der Waals surface area (Å²) in [5.74, 6) is 3.89. The number of unbranched alkanes of at least 4 members (excludes halogenated alkanes) is 3. The Hall–Kier alpha value is 0.130. The van der Waals surface area contributed by atoms with Gasteiger partial charge < -0.3 is 11.1 Å². The molecule has 0 aromatic heterocycles. The van der Waals surface area contributed by atoms with Crippen molar-refractivity contribution in [3.05, 3.63) is 0 Å². The van der Waals surface area contributed by atoms with Crippen LogP contribution in [0.25, 0.3) is 0 Å². The van der Waals surface area contributed by atoms with E-state index in [1.165, 1.54) is 17.3 Å². The second-order valence-electron chi connectivity index (χ2n) is 4.32. The van der Waals surface area contributed by atoms with Gasteiger partial charge in [-0.2, -0.15) is 23.5 Å². The summed E-state index contributed by atoms with van der Waals surface area (Å²) in [7, 11) is 0. The zero-order valence-electron chi connectivity index (χ0n) is 10.5. The van der Waals surface area contributed by atoms with Gasteiger partial charge in [0.1, 0.15) is 0 Å². The highest BCUT2D eigenvalue weighted by Gasteiger charge is 2.14. The monoisotopic (exact) mass is 276 g/mol. The lowest BCUT2D eigenvalue weighted by Crippen LogP contribution is -2.33. The largest absolute Gasteiger partial charge is 0.355 e. The minimum atomic E-state index is 0.217. The molecule has 1 amide bonds. The van der Waals surface area contributed by atoms with Gasteiger partial charge in [-0.15, -0.1) is 0 Å². The van der Waals surface area contributed by atoms with Crippen molar-refractivity contribution in [2.45, 2.75) is 37.4 Å². The van der Waals surface area contributed by atoms with E-state index in [2.05, 4.69) is 5.32 Å². The van der Waals surface area contributed by atoms with Crippen LogP contribution in [0, 0.1) is 0 Å². The summed E-state index contributed by atoms with van der Waals surface area (Å²) in [5.41, 5.74) is 5.42. The predicted molar refractivity (Wildman–Crippen MR) is 78.7 cm³/mol. The lowest BCUT2D eigenvalue weighted by Gasteiger charge is -2.21. The molecular weight excluding hydrogens is 252 g/mol. The van der Waals surface area contributed by atoms with Crippen LogP contribution in [-0.2, 0) is 4.79 Å². The molecule has 1 saturated heterocycles. The van der Waals surface area contributed by atoms with Crippen molar-refractivity contribution in [1.29, 1.82) is 0 Å². The number of hydrogen-bond donors (Lipinski definition) is 2. The van der Waals surface area contributed by atoms with Crippen molar-refractivity contribution in [1.82, 2.24) is 5.32 Å². The third kappa shape index (κ3) is 7.95. The Morgan fingerprint density at radius 2 is 2.06 bits per heavy atom. The fourth-order valence-electron chi connectivity index (χ4n) is 1.75. The highest BCUT2D eigenvalue weighted by Crippen LogP contribution is 2.23. The molecule has 0 aromatic carbocycles. The van der Waals surface area contributed by atoms with Crippen molar-refractivity contribution in [3.8, 4) is 0 Å². The third-order valence-electron chi connectivity index (χ3n) is 2.77. The van der Waals surface area contributed by atoms with Crippen LogP contribution in [-0.4, -0.2) is 41.5 Å². The molecule has 3 nitrogen and oxygen atoms in total. The van der Waals surface area contributed by atoms with E-state index in [4.69, 9.17) is 5.73 Å². The van der Waals surface area contributed by atoms with Crippen molar-refractivity contribution < 1.29 is 4.79 Å². The zero-order chi connectivity index (χ0) is 12.3. The van der Waals surface area contributed by atoms with Crippen LogP contribution in [0.5, 0.6) is 0 Å². The minimum Gasteiger partial charge on any atom is -0.355 e. The zero-order valence-corrected chi connectivity index (χ0v) is 12.1. The number of thioether (sulfide) groups is 2. The number of nitrogens with two attached hydrogens (primary N) is 1. The summed E-state index contributed by atoms with van der Waals surface area (Å²) in [4.78, 5) is 11.6. The molecule has 0 spiro atoms. The SMILES string of the molecule is NCCCCCCC(=O)NCC1CSCCS1. The van der Waals surface area contributed by atoms with Crippen LogP contribution in [0.2, 0.25) is 0 Å². The molecule has 1 unspecified atom stereocenters. The second-order valence-corrected chi connectivity index (χ2v) is 6.88. The maximum absolute atomic E-state index is 11.6. The second kappa shape index (κ2) is 10.1. The van der Waals surface area contributed by atoms with Gasteiger partial charge in [0, 0.05) is 35.5 Å². The molecule has 0 aliphatic carbocycles. The summed E-state index contributed by atoms with van der Waals surface area (Å²) in [6, 6.07) is 0. The predicted octanol–water partition coefficient (Wildman–Crippen LogP) is 1.86. The fraction of sp³-hybridized carbons (Fsp3) is 0.917. The van der Waals surface area contributed by atoms with Gasteiger partial charge in [-0.25, -0.2) is 0 Å². The number of carbonyl (C=O) groups is 1. The average Bonchev–Trinajstić information content (AvgIpc) is 2.37. The van der Waals surface area contributed by atoms with E-state index < -0.39 is 0 Å². The number of rotatable bonds is 8. The smallest absolute Gasteiger partial charge is 0.220 e. The molecule has 1 aliphatic rings. The summed E-state index contributed by atoms with van der Waals surface area (Å²) in [6.07, 6.45) is 5.03. The lowest BCUT2D eigenvalue weighted by atomic mass is 10.1. The fourth-order valence-corrected chi connectivity index (χ4v) is 4.37. The Kier molecular flexibility index (Phi) is 9.01. The van der Waals surface area contributed by atoms with Gasteiger partial charge in [0.25, 0.3) is 0 Å². The number of carbonyl (C=O) groups excluding carboxylic acids is 1. The molecular formula is C12H24N2OS2. The van der Waals surface area contributed by atoms with Crippen LogP contribution in [0.3, 0.4) is 0 Å². The van der Waals surface area contributed by atoms with Gasteiger partial charge in [-0.3, -0.25) is 4.79 Å². The Morgan fingerprint density at radius 3 is 2.76 bits per heavy atom. The minimum absolute atomic E-state index is 0.217. The quantitative estimate of drug-likeness (QED) is 0.665. The first kappa shape index (κ1) is 15.2. The molecule has 3 N–H and O–H groups in total. The van der Waals surface area contributed by atoms with E-state index in [-0.39, 0.29) is 5.91 Å². The van der Waals surface area contributed by atoms with E-state index in [0.29, 0.717) is 11.7 Å². The van der Waals surface area contributed by atoms with Gasteiger partial charge in [0.15, 0.2) is 0 Å². The van der Waals surface area contributed by atoms with Crippen LogP contribution >= 0.6 is 23.5 Å². The average molecular weight is 276 g/mol. The van der Waals surface area contributed by atoms with Crippen LogP contribution in [0.4, 0.5) is 0 Å². The summed E-state index contributed by atoms with van der Waals surface area (Å²) < 4.78 is 0. The molecule has 0 radical (unpaired) electrons. The molecule has 0 aromatic rings. The molecule has 1 heterocycles. The molecule has 5 heteroatoms. The standard InChI is InChI=1S/C12H24N2OS2/c13-6-4-2-1-3-5-12(15)14-9-11-10-16-7-8-17-11/h11H,1-10,13H2,(H,14,15). The lowest BCUT2D eigenvalue weighted by molar-refractivity contribution is -0.121. The molecule has 0 bridgehead atoms. The van der Waals surface area contributed by atoms with Gasteiger partial charge in [-0.05, 0) is 19.4 Å². The van der Waals surface area contributed by atoms with Crippen molar-refractivity contribution in [2.24, 2.45) is 5.73 Å². The molecule has 100 valence electrons. The van der Waals surface area contributed by atoms with E-state index in [0.717, 1.165) is 38.8 Å². The summed E-state index contributed by atoms with van der Waals surface area (Å²) >= 11 is 3.99. The topological polar surface area (TPSA) is 55.1 Å². The maximum Gasteiger partial charge on any atom is 0.220 e. The third-order valence-corrected chi connectivity index (χ3v) is 5.61. The normalized spacial score (nSPS) is 20.2. The van der Waals surface area contributed by atoms with E-state index in [1.807, 2.05) is 23.5 Å². The first-order valence-electron chi connectivity index (χ1n) is 6.49. The summed E-state index contributed by atoms with van der Waals surface area (Å²) in [5, 5.41) is 3.67. The van der Waals surface area contributed by atoms with E-state index in [1.54, 1.807) is 0 Å². The van der Waals surface area contributed by atoms with E-state index >= 15 is 0 Å². The Labute approximate surface area is 113 Å². The van der Waals surface area contributed by atoms with E-state index in [9.17, 15) is 4.79 Å². The molecule has 1 atom stereocenters. The molecule has 1 rings (SSSR count). The van der Waals surface area contributed by atoms with Crippen molar-refractivity contribution in [2.75, 3.05) is 30.3 Å². The van der Waals surface area contributed by atoms with Gasteiger partial charge in [0.05, 0.1) is 0 Å². The molecule has 1 aliphatic heterocycles. The highest BCUT2D eigenvalue weighted by molar-refractivity contribution is 8.06. The summed E-state index contributed by atoms with van der Waals surface area (Å²) in [6.45, 7) is 1.61. The first-order valence-corrected chi connectivity index (χ1v) is 8.69. The van der Waals surface area contributed by atoms with Crippen molar-refractivity contribution >= 4 is 29.4 Å².